The molecule has 0 amide bonds. The van der Waals surface area contributed by atoms with Crippen molar-refractivity contribution >= 4 is 16.9 Å². The van der Waals surface area contributed by atoms with Gasteiger partial charge in [0, 0.05) is 11.9 Å². The van der Waals surface area contributed by atoms with Gasteiger partial charge in [-0.05, 0) is 43.0 Å². The Balaban J connectivity index is 2.28. The average Bonchev–Trinajstić information content (AvgIpc) is 2.40. The van der Waals surface area contributed by atoms with E-state index in [-0.39, 0.29) is 5.12 Å². The fraction of sp³-hybridized carbons (Fsp3) is 0.0769. The molecule has 2 heterocycles. The van der Waals surface area contributed by atoms with E-state index in [2.05, 4.69) is 9.97 Å². The smallest absolute Gasteiger partial charge is 0.243 e. The van der Waals surface area contributed by atoms with Crippen molar-refractivity contribution in [3.05, 3.63) is 53.5 Å². The first kappa shape index (κ1) is 12.3. The second-order valence-electron chi connectivity index (χ2n) is 3.52. The normalized spacial score (nSPS) is 9.78. The van der Waals surface area contributed by atoms with Gasteiger partial charge in [-0.1, -0.05) is 6.07 Å². The molecular weight excluding hydrogens is 246 g/mol. The molecule has 4 nitrogen and oxygen atoms in total. The van der Waals surface area contributed by atoms with Crippen LogP contribution in [0, 0.1) is 18.3 Å². The number of carbonyl (C=O) groups excluding carboxylic acids is 1. The van der Waals surface area contributed by atoms with Crippen LogP contribution in [0.2, 0.25) is 0 Å². The minimum Gasteiger partial charge on any atom is -0.279 e. The minimum atomic E-state index is -0.217. The van der Waals surface area contributed by atoms with Gasteiger partial charge in [-0.2, -0.15) is 5.26 Å². The van der Waals surface area contributed by atoms with Crippen molar-refractivity contribution in [1.82, 2.24) is 9.97 Å². The molecule has 5 heteroatoms. The summed E-state index contributed by atoms with van der Waals surface area (Å²) in [4.78, 5) is 20.1. The Kier molecular flexibility index (Phi) is 3.70. The second-order valence-corrected chi connectivity index (χ2v) is 4.48. The average molecular weight is 255 g/mol. The van der Waals surface area contributed by atoms with Gasteiger partial charge in [0.15, 0.2) is 0 Å². The highest BCUT2D eigenvalue weighted by Gasteiger charge is 2.13. The van der Waals surface area contributed by atoms with Crippen molar-refractivity contribution in [2.45, 2.75) is 11.9 Å². The molecule has 0 unspecified atom stereocenters. The summed E-state index contributed by atoms with van der Waals surface area (Å²) in [5.74, 6) is 0. The zero-order valence-electron chi connectivity index (χ0n) is 9.62. The van der Waals surface area contributed by atoms with E-state index < -0.39 is 0 Å². The highest BCUT2D eigenvalue weighted by atomic mass is 32.2. The molecule has 2 aromatic heterocycles. The Morgan fingerprint density at radius 1 is 1.33 bits per heavy atom. The topological polar surface area (TPSA) is 66.6 Å². The van der Waals surface area contributed by atoms with Gasteiger partial charge in [0.25, 0.3) is 0 Å². The fourth-order valence-electron chi connectivity index (χ4n) is 1.32. The first-order valence-corrected chi connectivity index (χ1v) is 6.03. The van der Waals surface area contributed by atoms with Crippen molar-refractivity contribution in [1.29, 1.82) is 5.26 Å². The van der Waals surface area contributed by atoms with Gasteiger partial charge in [-0.3, -0.25) is 9.78 Å². The van der Waals surface area contributed by atoms with Gasteiger partial charge >= 0.3 is 0 Å². The molecule has 0 bridgehead atoms. The number of nitrogens with zero attached hydrogens (tertiary/aromatic N) is 3. The number of hydrogen-bond donors (Lipinski definition) is 0. The third-order valence-electron chi connectivity index (χ3n) is 2.18. The minimum absolute atomic E-state index is 0.217. The van der Waals surface area contributed by atoms with Crippen LogP contribution in [0.1, 0.15) is 21.7 Å². The van der Waals surface area contributed by atoms with E-state index in [9.17, 15) is 4.79 Å². The maximum Gasteiger partial charge on any atom is 0.243 e. The molecule has 0 aliphatic heterocycles. The largest absolute Gasteiger partial charge is 0.279 e. The van der Waals surface area contributed by atoms with Crippen molar-refractivity contribution in [2.24, 2.45) is 0 Å². The maximum atomic E-state index is 11.9. The van der Waals surface area contributed by atoms with E-state index in [1.54, 1.807) is 36.5 Å². The van der Waals surface area contributed by atoms with Crippen molar-refractivity contribution < 1.29 is 4.79 Å². The second kappa shape index (κ2) is 5.43. The highest BCUT2D eigenvalue weighted by Crippen LogP contribution is 2.23. The van der Waals surface area contributed by atoms with E-state index >= 15 is 0 Å². The number of nitriles is 1. The lowest BCUT2D eigenvalue weighted by Gasteiger charge is -2.02. The van der Waals surface area contributed by atoms with Gasteiger partial charge in [0.05, 0.1) is 5.56 Å². The molecule has 18 heavy (non-hydrogen) atoms. The lowest BCUT2D eigenvalue weighted by atomic mass is 10.3. The first-order valence-electron chi connectivity index (χ1n) is 5.21. The van der Waals surface area contributed by atoms with Crippen LogP contribution in [-0.4, -0.2) is 15.1 Å². The first-order chi connectivity index (χ1) is 8.70. The molecule has 0 N–H and O–H groups in total. The summed E-state index contributed by atoms with van der Waals surface area (Å²) in [6.07, 6.45) is 1.56. The predicted octanol–water partition coefficient (Wildman–Crippen LogP) is 2.59. The molecule has 0 aromatic carbocycles. The molecule has 2 rings (SSSR count). The van der Waals surface area contributed by atoms with E-state index in [1.807, 2.05) is 13.0 Å². The van der Waals surface area contributed by atoms with Crippen molar-refractivity contribution in [3.8, 4) is 6.07 Å². The Bertz CT molecular complexity index is 620. The van der Waals surface area contributed by atoms with E-state index in [4.69, 9.17) is 5.26 Å². The summed E-state index contributed by atoms with van der Waals surface area (Å²) in [6, 6.07) is 10.6. The van der Waals surface area contributed by atoms with Crippen LogP contribution in [0.3, 0.4) is 0 Å². The van der Waals surface area contributed by atoms with Crippen LogP contribution in [0.15, 0.2) is 41.6 Å². The van der Waals surface area contributed by atoms with Gasteiger partial charge in [0.2, 0.25) is 5.12 Å². The Morgan fingerprint density at radius 2 is 2.17 bits per heavy atom. The van der Waals surface area contributed by atoms with Crippen LogP contribution in [0.5, 0.6) is 0 Å². The summed E-state index contributed by atoms with van der Waals surface area (Å²) in [5, 5.41) is 9.17. The Morgan fingerprint density at radius 3 is 2.83 bits per heavy atom. The number of aromatic nitrogens is 2. The number of aryl methyl sites for hydroxylation is 1. The number of hydrogen-bond acceptors (Lipinski definition) is 5. The van der Waals surface area contributed by atoms with E-state index in [0.717, 1.165) is 17.5 Å². The lowest BCUT2D eigenvalue weighted by Crippen LogP contribution is -1.99. The number of carbonyl (C=O) groups is 1. The zero-order valence-corrected chi connectivity index (χ0v) is 10.4. The van der Waals surface area contributed by atoms with Crippen LogP contribution < -0.4 is 0 Å². The molecule has 2 aromatic rings. The predicted molar refractivity (Wildman–Crippen MR) is 68.1 cm³/mol. The molecule has 0 aliphatic carbocycles. The molecular formula is C13H9N3OS. The Hall–Kier alpha value is -2.19. The lowest BCUT2D eigenvalue weighted by molar-refractivity contribution is 0.108. The van der Waals surface area contributed by atoms with Crippen molar-refractivity contribution in [3.63, 3.8) is 0 Å². The van der Waals surface area contributed by atoms with Gasteiger partial charge in [-0.15, -0.1) is 0 Å². The van der Waals surface area contributed by atoms with Gasteiger partial charge in [0.1, 0.15) is 16.8 Å². The van der Waals surface area contributed by atoms with Crippen LogP contribution in [0.4, 0.5) is 0 Å². The number of thioether (sulfide) groups is 1. The standard InChI is InChI=1S/C13H9N3OS/c1-9-5-6-10(8-14)12(16-9)18-13(17)11-4-2-3-7-15-11/h2-7H,1H3. The summed E-state index contributed by atoms with van der Waals surface area (Å²) < 4.78 is 0. The molecule has 0 spiro atoms. The summed E-state index contributed by atoms with van der Waals surface area (Å²) in [7, 11) is 0. The molecule has 0 aliphatic rings. The SMILES string of the molecule is Cc1ccc(C#N)c(SC(=O)c2ccccn2)n1. The molecule has 0 radical (unpaired) electrons. The van der Waals surface area contributed by atoms with Gasteiger partial charge < -0.3 is 0 Å². The monoisotopic (exact) mass is 255 g/mol. The Labute approximate surface area is 109 Å². The van der Waals surface area contributed by atoms with E-state index in [0.29, 0.717) is 16.3 Å². The number of pyridine rings is 2. The van der Waals surface area contributed by atoms with Crippen molar-refractivity contribution in [2.75, 3.05) is 0 Å². The molecule has 0 saturated heterocycles. The fourth-order valence-corrected chi connectivity index (χ4v) is 2.13. The van der Waals surface area contributed by atoms with Crippen LogP contribution in [-0.2, 0) is 0 Å². The zero-order chi connectivity index (χ0) is 13.0. The quantitative estimate of drug-likeness (QED) is 0.771. The molecule has 0 saturated carbocycles. The molecule has 0 fully saturated rings. The van der Waals surface area contributed by atoms with Crippen LogP contribution >= 0.6 is 11.8 Å². The van der Waals surface area contributed by atoms with E-state index in [1.165, 1.54) is 0 Å². The van der Waals surface area contributed by atoms with Crippen LogP contribution in [0.25, 0.3) is 0 Å². The maximum absolute atomic E-state index is 11.9. The highest BCUT2D eigenvalue weighted by molar-refractivity contribution is 8.14. The third-order valence-corrected chi connectivity index (χ3v) is 3.08. The summed E-state index contributed by atoms with van der Waals surface area (Å²) in [5.41, 5.74) is 1.52. The molecule has 0 atom stereocenters. The molecule has 88 valence electrons. The number of rotatable bonds is 2. The summed E-state index contributed by atoms with van der Waals surface area (Å²) in [6.45, 7) is 1.82. The third kappa shape index (κ3) is 2.73. The van der Waals surface area contributed by atoms with Gasteiger partial charge in [-0.25, -0.2) is 4.98 Å². The summed E-state index contributed by atoms with van der Waals surface area (Å²) >= 11 is 0.927.